The van der Waals surface area contributed by atoms with Gasteiger partial charge in [-0.1, -0.05) is 42.5 Å². The van der Waals surface area contributed by atoms with Crippen LogP contribution in [-0.4, -0.2) is 9.78 Å². The molecule has 0 amide bonds. The second-order valence-corrected chi connectivity index (χ2v) is 4.57. The molecular weight excluding hydrogens is 234 g/mol. The van der Waals surface area contributed by atoms with E-state index in [2.05, 4.69) is 24.2 Å². The van der Waals surface area contributed by atoms with Gasteiger partial charge in [0.15, 0.2) is 0 Å². The summed E-state index contributed by atoms with van der Waals surface area (Å²) in [5.74, 6) is 0. The summed E-state index contributed by atoms with van der Waals surface area (Å²) < 4.78 is 1.89. The smallest absolute Gasteiger partial charge is 0.0970 e. The van der Waals surface area contributed by atoms with Crippen molar-refractivity contribution in [3.05, 3.63) is 66.4 Å². The summed E-state index contributed by atoms with van der Waals surface area (Å²) in [7, 11) is 0. The van der Waals surface area contributed by atoms with E-state index >= 15 is 0 Å². The highest BCUT2D eigenvalue weighted by atomic mass is 15.3. The van der Waals surface area contributed by atoms with Crippen molar-refractivity contribution in [3.8, 4) is 16.9 Å². The van der Waals surface area contributed by atoms with Gasteiger partial charge in [0, 0.05) is 5.56 Å². The van der Waals surface area contributed by atoms with E-state index in [1.165, 1.54) is 5.56 Å². The lowest BCUT2D eigenvalue weighted by Gasteiger charge is -2.09. The van der Waals surface area contributed by atoms with E-state index in [1.807, 2.05) is 47.1 Å². The van der Waals surface area contributed by atoms with E-state index in [0.717, 1.165) is 16.9 Å². The molecule has 0 bridgehead atoms. The van der Waals surface area contributed by atoms with Crippen LogP contribution in [0.5, 0.6) is 0 Å². The molecule has 19 heavy (non-hydrogen) atoms. The van der Waals surface area contributed by atoms with Gasteiger partial charge in [0.2, 0.25) is 0 Å². The van der Waals surface area contributed by atoms with Crippen LogP contribution in [0, 0.1) is 6.92 Å². The third-order valence-corrected chi connectivity index (χ3v) is 3.09. The van der Waals surface area contributed by atoms with Crippen molar-refractivity contribution >= 4 is 5.69 Å². The summed E-state index contributed by atoms with van der Waals surface area (Å²) in [5, 5.41) is 4.40. The van der Waals surface area contributed by atoms with Gasteiger partial charge in [-0.05, 0) is 24.6 Å². The highest BCUT2D eigenvalue weighted by molar-refractivity contribution is 5.74. The molecule has 0 saturated carbocycles. The van der Waals surface area contributed by atoms with Crippen LogP contribution in [0.15, 0.2) is 60.8 Å². The van der Waals surface area contributed by atoms with Gasteiger partial charge in [0.1, 0.15) is 0 Å². The number of hydrogen-bond donors (Lipinski definition) is 1. The molecule has 0 fully saturated rings. The number of nitrogen functional groups attached to an aromatic ring is 1. The van der Waals surface area contributed by atoms with Crippen molar-refractivity contribution in [1.29, 1.82) is 0 Å². The Morgan fingerprint density at radius 1 is 1.00 bits per heavy atom. The SMILES string of the molecule is Cc1cccc(-n2ncc(N)c2-c2ccccc2)c1. The molecule has 1 heterocycles. The van der Waals surface area contributed by atoms with Gasteiger partial charge in [0.25, 0.3) is 0 Å². The van der Waals surface area contributed by atoms with Crippen molar-refractivity contribution in [2.75, 3.05) is 5.73 Å². The fourth-order valence-electron chi connectivity index (χ4n) is 2.20. The minimum atomic E-state index is 0.688. The molecule has 0 unspecified atom stereocenters. The molecule has 0 spiro atoms. The number of rotatable bonds is 2. The largest absolute Gasteiger partial charge is 0.396 e. The van der Waals surface area contributed by atoms with Crippen molar-refractivity contribution in [3.63, 3.8) is 0 Å². The highest BCUT2D eigenvalue weighted by Gasteiger charge is 2.11. The summed E-state index contributed by atoms with van der Waals surface area (Å²) in [6.07, 6.45) is 1.70. The van der Waals surface area contributed by atoms with Gasteiger partial charge in [-0.15, -0.1) is 0 Å². The first kappa shape index (κ1) is 11.5. The molecule has 3 aromatic rings. The first-order chi connectivity index (χ1) is 9.25. The lowest BCUT2D eigenvalue weighted by Crippen LogP contribution is -2.00. The fraction of sp³-hybridized carbons (Fsp3) is 0.0625. The van der Waals surface area contributed by atoms with Gasteiger partial charge in [-0.25, -0.2) is 4.68 Å². The molecule has 0 aliphatic heterocycles. The molecule has 0 saturated heterocycles. The molecule has 3 nitrogen and oxygen atoms in total. The Labute approximate surface area is 112 Å². The van der Waals surface area contributed by atoms with Crippen LogP contribution in [0.4, 0.5) is 5.69 Å². The van der Waals surface area contributed by atoms with E-state index in [9.17, 15) is 0 Å². The number of benzene rings is 2. The van der Waals surface area contributed by atoms with Crippen molar-refractivity contribution < 1.29 is 0 Å². The predicted octanol–water partition coefficient (Wildman–Crippen LogP) is 3.43. The molecule has 94 valence electrons. The van der Waals surface area contributed by atoms with Gasteiger partial charge in [-0.2, -0.15) is 5.10 Å². The average molecular weight is 249 g/mol. The second kappa shape index (κ2) is 4.61. The van der Waals surface area contributed by atoms with E-state index in [1.54, 1.807) is 6.20 Å². The molecule has 0 radical (unpaired) electrons. The Balaban J connectivity index is 2.19. The Morgan fingerprint density at radius 2 is 1.79 bits per heavy atom. The summed E-state index contributed by atoms with van der Waals surface area (Å²) in [6, 6.07) is 18.3. The molecule has 3 heteroatoms. The van der Waals surface area contributed by atoms with E-state index in [4.69, 9.17) is 5.73 Å². The van der Waals surface area contributed by atoms with E-state index in [0.29, 0.717) is 5.69 Å². The topological polar surface area (TPSA) is 43.8 Å². The van der Waals surface area contributed by atoms with Crippen LogP contribution < -0.4 is 5.73 Å². The van der Waals surface area contributed by atoms with Crippen LogP contribution in [0.25, 0.3) is 16.9 Å². The standard InChI is InChI=1S/C16H15N3/c1-12-6-5-9-14(10-12)19-16(15(17)11-18-19)13-7-3-2-4-8-13/h2-11H,17H2,1H3. The zero-order chi connectivity index (χ0) is 13.2. The first-order valence-electron chi connectivity index (χ1n) is 6.21. The number of anilines is 1. The average Bonchev–Trinajstić information content (AvgIpc) is 2.82. The number of nitrogens with two attached hydrogens (primary N) is 1. The Kier molecular flexibility index (Phi) is 2.80. The lowest BCUT2D eigenvalue weighted by atomic mass is 10.1. The quantitative estimate of drug-likeness (QED) is 0.756. The Hall–Kier alpha value is -2.55. The zero-order valence-electron chi connectivity index (χ0n) is 10.7. The predicted molar refractivity (Wildman–Crippen MR) is 78.1 cm³/mol. The lowest BCUT2D eigenvalue weighted by molar-refractivity contribution is 0.886. The maximum absolute atomic E-state index is 6.07. The van der Waals surface area contributed by atoms with Gasteiger partial charge in [0.05, 0.1) is 23.3 Å². The third-order valence-electron chi connectivity index (χ3n) is 3.09. The van der Waals surface area contributed by atoms with Gasteiger partial charge in [-0.3, -0.25) is 0 Å². The van der Waals surface area contributed by atoms with Gasteiger partial charge < -0.3 is 5.73 Å². The van der Waals surface area contributed by atoms with Crippen molar-refractivity contribution in [1.82, 2.24) is 9.78 Å². The first-order valence-corrected chi connectivity index (χ1v) is 6.21. The summed E-state index contributed by atoms with van der Waals surface area (Å²) >= 11 is 0. The van der Waals surface area contributed by atoms with Gasteiger partial charge >= 0.3 is 0 Å². The Bertz CT molecular complexity index is 699. The molecule has 1 aromatic heterocycles. The molecule has 2 aromatic carbocycles. The molecule has 0 atom stereocenters. The molecular formula is C16H15N3. The highest BCUT2D eigenvalue weighted by Crippen LogP contribution is 2.28. The van der Waals surface area contributed by atoms with Crippen LogP contribution >= 0.6 is 0 Å². The maximum atomic E-state index is 6.07. The molecule has 0 aliphatic rings. The zero-order valence-corrected chi connectivity index (χ0v) is 10.7. The fourth-order valence-corrected chi connectivity index (χ4v) is 2.20. The third kappa shape index (κ3) is 2.10. The maximum Gasteiger partial charge on any atom is 0.0970 e. The number of hydrogen-bond acceptors (Lipinski definition) is 2. The summed E-state index contributed by atoms with van der Waals surface area (Å²) in [4.78, 5) is 0. The summed E-state index contributed by atoms with van der Waals surface area (Å²) in [5.41, 5.74) is 11.0. The summed E-state index contributed by atoms with van der Waals surface area (Å²) in [6.45, 7) is 2.07. The minimum Gasteiger partial charge on any atom is -0.396 e. The van der Waals surface area contributed by atoms with Crippen LogP contribution in [0.1, 0.15) is 5.56 Å². The molecule has 3 rings (SSSR count). The van der Waals surface area contributed by atoms with E-state index in [-0.39, 0.29) is 0 Å². The minimum absolute atomic E-state index is 0.688. The van der Waals surface area contributed by atoms with Crippen molar-refractivity contribution in [2.24, 2.45) is 0 Å². The molecule has 2 N–H and O–H groups in total. The monoisotopic (exact) mass is 249 g/mol. The number of aromatic nitrogens is 2. The normalized spacial score (nSPS) is 10.6. The second-order valence-electron chi connectivity index (χ2n) is 4.57. The number of aryl methyl sites for hydroxylation is 1. The number of nitrogens with zero attached hydrogens (tertiary/aromatic N) is 2. The molecule has 0 aliphatic carbocycles. The van der Waals surface area contributed by atoms with Crippen LogP contribution in [0.3, 0.4) is 0 Å². The Morgan fingerprint density at radius 3 is 2.53 bits per heavy atom. The van der Waals surface area contributed by atoms with Crippen LogP contribution in [0.2, 0.25) is 0 Å². The van der Waals surface area contributed by atoms with E-state index < -0.39 is 0 Å². The van der Waals surface area contributed by atoms with Crippen LogP contribution in [-0.2, 0) is 0 Å². The van der Waals surface area contributed by atoms with Crippen molar-refractivity contribution in [2.45, 2.75) is 6.92 Å².